The van der Waals surface area contributed by atoms with E-state index in [1.807, 2.05) is 23.1 Å². The lowest BCUT2D eigenvalue weighted by Crippen LogP contribution is -2.29. The van der Waals surface area contributed by atoms with Gasteiger partial charge in [-0.05, 0) is 37.3 Å². The Bertz CT molecular complexity index is 550. The molecule has 0 saturated heterocycles. The van der Waals surface area contributed by atoms with Crippen LogP contribution >= 0.6 is 11.3 Å². The number of nitrogens with zero attached hydrogens (tertiary/aromatic N) is 3. The van der Waals surface area contributed by atoms with Gasteiger partial charge in [0.15, 0.2) is 0 Å². The fourth-order valence-corrected chi connectivity index (χ4v) is 4.11. The fourth-order valence-electron chi connectivity index (χ4n) is 2.79. The average molecular weight is 291 g/mol. The Balaban J connectivity index is 1.81. The normalized spacial score (nSPS) is 16.7. The van der Waals surface area contributed by atoms with Crippen molar-refractivity contribution in [3.05, 3.63) is 33.5 Å². The minimum atomic E-state index is 0.120. The molecule has 3 rings (SSSR count). The van der Waals surface area contributed by atoms with Crippen molar-refractivity contribution in [3.8, 4) is 0 Å². The summed E-state index contributed by atoms with van der Waals surface area (Å²) in [7, 11) is 1.92. The maximum Gasteiger partial charge on any atom is 0.138 e. The third kappa shape index (κ3) is 2.77. The average Bonchev–Trinajstić information content (AvgIpc) is 2.97. The number of aromatic nitrogens is 3. The molecule has 5 nitrogen and oxygen atoms in total. The molecule has 2 aromatic heterocycles. The molecule has 108 valence electrons. The van der Waals surface area contributed by atoms with Crippen LogP contribution in [0.15, 0.2) is 12.4 Å². The van der Waals surface area contributed by atoms with Gasteiger partial charge in [-0.1, -0.05) is 6.42 Å². The van der Waals surface area contributed by atoms with Gasteiger partial charge in [0.05, 0.1) is 6.04 Å². The molecule has 1 aliphatic carbocycles. The third-order valence-electron chi connectivity index (χ3n) is 4.00. The van der Waals surface area contributed by atoms with E-state index in [2.05, 4.69) is 21.6 Å². The van der Waals surface area contributed by atoms with E-state index in [4.69, 9.17) is 5.84 Å². The molecule has 0 fully saturated rings. The third-order valence-corrected chi connectivity index (χ3v) is 5.35. The van der Waals surface area contributed by atoms with E-state index in [9.17, 15) is 0 Å². The minimum absolute atomic E-state index is 0.120. The topological polar surface area (TPSA) is 68.8 Å². The van der Waals surface area contributed by atoms with Crippen LogP contribution in [0.1, 0.15) is 46.4 Å². The number of fused-ring (bicyclic) bond motifs is 1. The molecule has 0 spiro atoms. The van der Waals surface area contributed by atoms with Crippen molar-refractivity contribution >= 4 is 11.3 Å². The van der Waals surface area contributed by atoms with Crippen molar-refractivity contribution in [2.45, 2.75) is 44.6 Å². The van der Waals surface area contributed by atoms with Crippen molar-refractivity contribution in [1.82, 2.24) is 20.2 Å². The molecule has 3 N–H and O–H groups in total. The van der Waals surface area contributed by atoms with Gasteiger partial charge in [-0.3, -0.25) is 16.0 Å². The Labute approximate surface area is 123 Å². The van der Waals surface area contributed by atoms with E-state index in [1.165, 1.54) is 42.5 Å². The SMILES string of the molecule is Cn1ncnc1CC(NN)c1cc2c(s1)CCCCC2. The van der Waals surface area contributed by atoms with Crippen LogP contribution in [-0.2, 0) is 26.3 Å². The van der Waals surface area contributed by atoms with Gasteiger partial charge in [-0.2, -0.15) is 5.10 Å². The molecule has 6 heteroatoms. The predicted octanol–water partition coefficient (Wildman–Crippen LogP) is 1.89. The summed E-state index contributed by atoms with van der Waals surface area (Å²) in [6.45, 7) is 0. The molecule has 0 aromatic carbocycles. The lowest BCUT2D eigenvalue weighted by molar-refractivity contribution is 0.530. The van der Waals surface area contributed by atoms with Gasteiger partial charge >= 0.3 is 0 Å². The number of rotatable bonds is 4. The molecule has 1 unspecified atom stereocenters. The summed E-state index contributed by atoms with van der Waals surface area (Å²) in [5, 5.41) is 4.12. The number of thiophene rings is 1. The highest BCUT2D eigenvalue weighted by atomic mass is 32.1. The van der Waals surface area contributed by atoms with Gasteiger partial charge in [-0.15, -0.1) is 11.3 Å². The van der Waals surface area contributed by atoms with Crippen LogP contribution in [0.2, 0.25) is 0 Å². The lowest BCUT2D eigenvalue weighted by Gasteiger charge is -2.13. The molecular weight excluding hydrogens is 270 g/mol. The first kappa shape index (κ1) is 13.7. The molecule has 20 heavy (non-hydrogen) atoms. The number of nitrogens with two attached hydrogens (primary N) is 1. The first-order valence-electron chi connectivity index (χ1n) is 7.18. The van der Waals surface area contributed by atoms with E-state index in [0.29, 0.717) is 0 Å². The van der Waals surface area contributed by atoms with Crippen LogP contribution in [0.3, 0.4) is 0 Å². The number of aryl methyl sites for hydroxylation is 3. The smallest absolute Gasteiger partial charge is 0.138 e. The van der Waals surface area contributed by atoms with E-state index in [0.717, 1.165) is 12.2 Å². The Morgan fingerprint density at radius 1 is 1.40 bits per heavy atom. The van der Waals surface area contributed by atoms with Crippen LogP contribution < -0.4 is 11.3 Å². The van der Waals surface area contributed by atoms with Gasteiger partial charge in [0.25, 0.3) is 0 Å². The molecule has 0 radical (unpaired) electrons. The number of nitrogens with one attached hydrogen (secondary N) is 1. The molecule has 0 amide bonds. The van der Waals surface area contributed by atoms with Crippen molar-refractivity contribution in [3.63, 3.8) is 0 Å². The van der Waals surface area contributed by atoms with Gasteiger partial charge in [-0.25, -0.2) is 4.98 Å². The van der Waals surface area contributed by atoms with Crippen molar-refractivity contribution in [1.29, 1.82) is 0 Å². The summed E-state index contributed by atoms with van der Waals surface area (Å²) in [6.07, 6.45) is 8.78. The summed E-state index contributed by atoms with van der Waals surface area (Å²) in [5.74, 6) is 6.71. The zero-order chi connectivity index (χ0) is 13.9. The molecule has 0 bridgehead atoms. The molecule has 2 heterocycles. The first-order valence-corrected chi connectivity index (χ1v) is 8.00. The van der Waals surface area contributed by atoms with Crippen molar-refractivity contribution in [2.24, 2.45) is 12.9 Å². The van der Waals surface area contributed by atoms with E-state index >= 15 is 0 Å². The standard InChI is InChI=1S/C14H21N5S/c1-19-14(16-9-17-19)8-11(18-15)13-7-10-5-3-2-4-6-12(10)20-13/h7,9,11,18H,2-6,8,15H2,1H3. The number of hydrogen-bond donors (Lipinski definition) is 2. The Morgan fingerprint density at radius 2 is 2.25 bits per heavy atom. The molecule has 0 aliphatic heterocycles. The largest absolute Gasteiger partial charge is 0.271 e. The van der Waals surface area contributed by atoms with Crippen molar-refractivity contribution in [2.75, 3.05) is 0 Å². The Hall–Kier alpha value is -1.24. The maximum absolute atomic E-state index is 5.76. The molecular formula is C14H21N5S. The second kappa shape index (κ2) is 6.03. The summed E-state index contributed by atoms with van der Waals surface area (Å²) in [5.41, 5.74) is 4.47. The fraction of sp³-hybridized carbons (Fsp3) is 0.571. The van der Waals surface area contributed by atoms with E-state index in [1.54, 1.807) is 11.2 Å². The highest BCUT2D eigenvalue weighted by molar-refractivity contribution is 7.12. The van der Waals surface area contributed by atoms with E-state index in [-0.39, 0.29) is 6.04 Å². The van der Waals surface area contributed by atoms with Gasteiger partial charge in [0.2, 0.25) is 0 Å². The monoisotopic (exact) mass is 291 g/mol. The highest BCUT2D eigenvalue weighted by Gasteiger charge is 2.19. The van der Waals surface area contributed by atoms with Crippen LogP contribution in [0.5, 0.6) is 0 Å². The number of hydrogen-bond acceptors (Lipinski definition) is 5. The second-order valence-electron chi connectivity index (χ2n) is 5.38. The molecule has 0 saturated carbocycles. The minimum Gasteiger partial charge on any atom is -0.271 e. The maximum atomic E-state index is 5.76. The summed E-state index contributed by atoms with van der Waals surface area (Å²) in [4.78, 5) is 7.16. The van der Waals surface area contributed by atoms with Crippen LogP contribution in [0, 0.1) is 0 Å². The predicted molar refractivity (Wildman–Crippen MR) is 80.3 cm³/mol. The lowest BCUT2D eigenvalue weighted by atomic mass is 10.1. The Morgan fingerprint density at radius 3 is 3.00 bits per heavy atom. The van der Waals surface area contributed by atoms with Gasteiger partial charge in [0, 0.05) is 23.2 Å². The van der Waals surface area contributed by atoms with Crippen LogP contribution in [-0.4, -0.2) is 14.8 Å². The molecule has 1 aliphatic rings. The molecule has 2 aromatic rings. The summed E-state index contributed by atoms with van der Waals surface area (Å²) in [6, 6.07) is 2.46. The van der Waals surface area contributed by atoms with Crippen molar-refractivity contribution < 1.29 is 0 Å². The summed E-state index contributed by atoms with van der Waals surface area (Å²) < 4.78 is 1.81. The van der Waals surface area contributed by atoms with Crippen LogP contribution in [0.4, 0.5) is 0 Å². The second-order valence-corrected chi connectivity index (χ2v) is 6.55. The number of hydrazine groups is 1. The van der Waals surface area contributed by atoms with Gasteiger partial charge < -0.3 is 0 Å². The van der Waals surface area contributed by atoms with E-state index < -0.39 is 0 Å². The zero-order valence-electron chi connectivity index (χ0n) is 11.8. The summed E-state index contributed by atoms with van der Waals surface area (Å²) >= 11 is 1.91. The Kier molecular flexibility index (Phi) is 4.14. The quantitative estimate of drug-likeness (QED) is 0.513. The first-order chi connectivity index (χ1) is 9.78. The zero-order valence-corrected chi connectivity index (χ0v) is 12.6. The van der Waals surface area contributed by atoms with Gasteiger partial charge in [0.1, 0.15) is 12.2 Å². The molecule has 1 atom stereocenters. The van der Waals surface area contributed by atoms with Crippen LogP contribution in [0.25, 0.3) is 0 Å². The highest BCUT2D eigenvalue weighted by Crippen LogP contribution is 2.33.